The minimum atomic E-state index is -0.580. The Morgan fingerprint density at radius 2 is 1.69 bits per heavy atom. The van der Waals surface area contributed by atoms with E-state index in [4.69, 9.17) is 4.84 Å². The number of fused-ring (bicyclic) bond motifs is 5. The van der Waals surface area contributed by atoms with Gasteiger partial charge in [0, 0.05) is 25.0 Å². The minimum Gasteiger partial charge on any atom is -0.393 e. The van der Waals surface area contributed by atoms with Gasteiger partial charge in [0.25, 0.3) is 0 Å². The van der Waals surface area contributed by atoms with Crippen molar-refractivity contribution in [3.05, 3.63) is 0 Å². The fourth-order valence-corrected chi connectivity index (χ4v) is 8.21. The summed E-state index contributed by atoms with van der Waals surface area (Å²) in [6, 6.07) is 0.286. The summed E-state index contributed by atoms with van der Waals surface area (Å²) >= 11 is 0. The Kier molecular flexibility index (Phi) is 5.87. The Balaban J connectivity index is 1.52. The van der Waals surface area contributed by atoms with Crippen molar-refractivity contribution >= 4 is 0 Å². The molecule has 5 nitrogen and oxygen atoms in total. The van der Waals surface area contributed by atoms with Crippen LogP contribution in [0.2, 0.25) is 0 Å². The van der Waals surface area contributed by atoms with Crippen LogP contribution in [0.3, 0.4) is 0 Å². The Bertz CT molecular complexity index is 601. The molecule has 0 aromatic carbocycles. The van der Waals surface area contributed by atoms with Crippen LogP contribution in [0, 0.1) is 28.6 Å². The summed E-state index contributed by atoms with van der Waals surface area (Å²) in [5.41, 5.74) is -0.381. The zero-order valence-electron chi connectivity index (χ0n) is 19.4. The van der Waals surface area contributed by atoms with Gasteiger partial charge in [-0.1, -0.05) is 13.8 Å². The lowest BCUT2D eigenvalue weighted by Crippen LogP contribution is -2.64. The number of aliphatic hydroxyl groups excluding tert-OH is 1. The lowest BCUT2D eigenvalue weighted by molar-refractivity contribution is -0.244. The Morgan fingerprint density at radius 3 is 2.41 bits per heavy atom. The molecule has 4 fully saturated rings. The number of likely N-dealkylation sites (N-methyl/N-ethyl adjacent to an activating group) is 1. The van der Waals surface area contributed by atoms with Gasteiger partial charge >= 0.3 is 0 Å². The number of aliphatic hydroxyl groups is 2. The molecule has 4 aliphatic carbocycles. The van der Waals surface area contributed by atoms with Crippen LogP contribution in [0.1, 0.15) is 71.6 Å². The molecule has 0 unspecified atom stereocenters. The summed E-state index contributed by atoms with van der Waals surface area (Å²) < 4.78 is 0. The summed E-state index contributed by atoms with van der Waals surface area (Å²) in [5.74, 6) is 1.64. The standard InChI is InChI=1S/C24H44N2O3/c1-22-11-8-18(27)16-17(22)6-7-20-19(22)9-12-23(2)21(10-13-24(20,23)28)26(5)29-15-14-25(3)4/h17-21,27-28H,6-16H2,1-5H3/t17-,18+,19+,20-,21+,22+,23-,24+/m1/s1. The summed E-state index contributed by atoms with van der Waals surface area (Å²) in [4.78, 5) is 8.25. The van der Waals surface area contributed by atoms with Gasteiger partial charge in [-0.05, 0) is 95.1 Å². The van der Waals surface area contributed by atoms with Gasteiger partial charge in [0.15, 0.2) is 0 Å². The molecule has 29 heavy (non-hydrogen) atoms. The second kappa shape index (κ2) is 7.74. The lowest BCUT2D eigenvalue weighted by Gasteiger charge is -2.63. The molecule has 0 aliphatic heterocycles. The maximum Gasteiger partial charge on any atom is 0.0811 e. The highest BCUT2D eigenvalue weighted by Crippen LogP contribution is 2.68. The fraction of sp³-hybridized carbons (Fsp3) is 1.00. The molecule has 5 heteroatoms. The molecule has 4 rings (SSSR count). The van der Waals surface area contributed by atoms with Gasteiger partial charge in [0.2, 0.25) is 0 Å². The molecular weight excluding hydrogens is 364 g/mol. The van der Waals surface area contributed by atoms with Crippen molar-refractivity contribution in [1.29, 1.82) is 0 Å². The SMILES string of the molecule is CN(C)CCON(C)[C@H]1CC[C@]2(O)[C@@H]3CC[C@@H]4C[C@@H](O)CC[C@]4(C)[C@H]3CC[C@]12C. The van der Waals surface area contributed by atoms with E-state index in [0.29, 0.717) is 29.8 Å². The molecule has 0 heterocycles. The molecule has 0 radical (unpaired) electrons. The number of hydrogen-bond donors (Lipinski definition) is 2. The molecule has 2 N–H and O–H groups in total. The number of hydrogen-bond acceptors (Lipinski definition) is 5. The molecular formula is C24H44N2O3. The number of hydroxylamine groups is 2. The molecule has 168 valence electrons. The number of rotatable bonds is 5. The van der Waals surface area contributed by atoms with E-state index in [1.165, 1.54) is 12.8 Å². The second-order valence-corrected chi connectivity index (χ2v) is 11.5. The first-order valence-electron chi connectivity index (χ1n) is 12.0. The molecule has 4 aliphatic rings. The van der Waals surface area contributed by atoms with Crippen molar-refractivity contribution in [2.45, 2.75) is 89.4 Å². The average Bonchev–Trinajstić information content (AvgIpc) is 2.93. The smallest absolute Gasteiger partial charge is 0.0811 e. The number of nitrogens with zero attached hydrogens (tertiary/aromatic N) is 2. The molecule has 0 saturated heterocycles. The quantitative estimate of drug-likeness (QED) is 0.684. The second-order valence-electron chi connectivity index (χ2n) is 11.5. The highest BCUT2D eigenvalue weighted by Gasteiger charge is 2.67. The maximum absolute atomic E-state index is 12.2. The lowest BCUT2D eigenvalue weighted by atomic mass is 9.43. The fourth-order valence-electron chi connectivity index (χ4n) is 8.21. The summed E-state index contributed by atoms with van der Waals surface area (Å²) in [7, 11) is 6.22. The summed E-state index contributed by atoms with van der Waals surface area (Å²) in [6.07, 6.45) is 9.46. The molecule has 0 aromatic heterocycles. The van der Waals surface area contributed by atoms with Gasteiger partial charge in [-0.3, -0.25) is 4.84 Å². The molecule has 0 amide bonds. The van der Waals surface area contributed by atoms with E-state index in [-0.39, 0.29) is 17.6 Å². The van der Waals surface area contributed by atoms with Crippen LogP contribution in [0.15, 0.2) is 0 Å². The van der Waals surface area contributed by atoms with E-state index in [0.717, 1.165) is 51.5 Å². The van der Waals surface area contributed by atoms with E-state index in [9.17, 15) is 10.2 Å². The predicted molar refractivity (Wildman–Crippen MR) is 115 cm³/mol. The van der Waals surface area contributed by atoms with Crippen LogP contribution in [-0.4, -0.2) is 72.2 Å². The molecule has 4 saturated carbocycles. The summed E-state index contributed by atoms with van der Waals surface area (Å²) in [5, 5.41) is 24.5. The Labute approximate surface area is 177 Å². The van der Waals surface area contributed by atoms with Crippen molar-refractivity contribution in [1.82, 2.24) is 9.96 Å². The van der Waals surface area contributed by atoms with Crippen LogP contribution in [0.4, 0.5) is 0 Å². The molecule has 0 aromatic rings. The van der Waals surface area contributed by atoms with E-state index in [1.54, 1.807) is 0 Å². The van der Waals surface area contributed by atoms with Crippen LogP contribution in [0.25, 0.3) is 0 Å². The Morgan fingerprint density at radius 1 is 0.931 bits per heavy atom. The van der Waals surface area contributed by atoms with E-state index < -0.39 is 5.60 Å². The van der Waals surface area contributed by atoms with Crippen LogP contribution >= 0.6 is 0 Å². The van der Waals surface area contributed by atoms with Crippen molar-refractivity contribution < 1.29 is 15.1 Å². The van der Waals surface area contributed by atoms with Crippen molar-refractivity contribution in [2.24, 2.45) is 28.6 Å². The van der Waals surface area contributed by atoms with Crippen molar-refractivity contribution in [3.8, 4) is 0 Å². The highest BCUT2D eigenvalue weighted by atomic mass is 16.7. The van der Waals surface area contributed by atoms with Crippen LogP contribution in [0.5, 0.6) is 0 Å². The predicted octanol–water partition coefficient (Wildman–Crippen LogP) is 3.30. The third-order valence-corrected chi connectivity index (χ3v) is 10.0. The first-order chi connectivity index (χ1) is 13.6. The topological polar surface area (TPSA) is 56.2 Å². The largest absolute Gasteiger partial charge is 0.393 e. The molecule has 0 spiro atoms. The van der Waals surface area contributed by atoms with Crippen LogP contribution in [-0.2, 0) is 4.84 Å². The Hall–Kier alpha value is -0.200. The van der Waals surface area contributed by atoms with Gasteiger partial charge in [-0.15, -0.1) is 0 Å². The zero-order valence-corrected chi connectivity index (χ0v) is 19.4. The molecule has 0 bridgehead atoms. The summed E-state index contributed by atoms with van der Waals surface area (Å²) in [6.45, 7) is 6.43. The third-order valence-electron chi connectivity index (χ3n) is 10.0. The third kappa shape index (κ3) is 3.40. The van der Waals surface area contributed by atoms with Gasteiger partial charge in [0.1, 0.15) is 0 Å². The van der Waals surface area contributed by atoms with Gasteiger partial charge < -0.3 is 15.1 Å². The zero-order chi connectivity index (χ0) is 21.0. The van der Waals surface area contributed by atoms with Crippen molar-refractivity contribution in [2.75, 3.05) is 34.3 Å². The average molecular weight is 409 g/mol. The van der Waals surface area contributed by atoms with Gasteiger partial charge in [0.05, 0.1) is 18.3 Å². The van der Waals surface area contributed by atoms with Gasteiger partial charge in [-0.2, -0.15) is 5.06 Å². The van der Waals surface area contributed by atoms with Crippen LogP contribution < -0.4 is 0 Å². The normalized spacial score (nSPS) is 49.8. The monoisotopic (exact) mass is 408 g/mol. The molecule has 8 atom stereocenters. The first kappa shape index (κ1) is 22.0. The first-order valence-corrected chi connectivity index (χ1v) is 12.0. The van der Waals surface area contributed by atoms with E-state index in [1.807, 2.05) is 0 Å². The van der Waals surface area contributed by atoms with E-state index in [2.05, 4.69) is 45.0 Å². The van der Waals surface area contributed by atoms with Crippen molar-refractivity contribution in [3.63, 3.8) is 0 Å². The maximum atomic E-state index is 12.2. The van der Waals surface area contributed by atoms with E-state index >= 15 is 0 Å². The van der Waals surface area contributed by atoms with Gasteiger partial charge in [-0.25, -0.2) is 0 Å². The highest BCUT2D eigenvalue weighted by molar-refractivity contribution is 5.18. The minimum absolute atomic E-state index is 0.0988.